The fourth-order valence-corrected chi connectivity index (χ4v) is 5.51. The van der Waals surface area contributed by atoms with E-state index in [9.17, 15) is 0 Å². The normalized spacial score (nSPS) is 21.2. The van der Waals surface area contributed by atoms with Crippen LogP contribution in [0.3, 0.4) is 0 Å². The average Bonchev–Trinajstić information content (AvgIpc) is 3.46. The molecule has 8 heteroatoms. The lowest BCUT2D eigenvalue weighted by Crippen LogP contribution is -2.50. The molecule has 0 aliphatic carbocycles. The summed E-state index contributed by atoms with van der Waals surface area (Å²) in [6, 6.07) is 10.5. The Labute approximate surface area is 185 Å². The summed E-state index contributed by atoms with van der Waals surface area (Å²) in [6.45, 7) is 6.09. The number of benzene rings is 1. The minimum absolute atomic E-state index is 0.414. The van der Waals surface area contributed by atoms with Gasteiger partial charge in [0.05, 0.1) is 30.0 Å². The molecule has 158 valence electrons. The summed E-state index contributed by atoms with van der Waals surface area (Å²) >= 11 is 7.76. The molecule has 5 rings (SSSR count). The Morgan fingerprint density at radius 1 is 1.13 bits per heavy atom. The lowest BCUT2D eigenvalue weighted by atomic mass is 9.97. The molecule has 1 aromatic carbocycles. The van der Waals surface area contributed by atoms with Crippen molar-refractivity contribution in [3.63, 3.8) is 0 Å². The molecular formula is C22H25ClN4O2S. The molecule has 1 N–H and O–H groups in total. The van der Waals surface area contributed by atoms with Crippen LogP contribution >= 0.6 is 22.9 Å². The lowest BCUT2D eigenvalue weighted by molar-refractivity contribution is 0.00460. The van der Waals surface area contributed by atoms with Crippen LogP contribution in [0, 0.1) is 5.92 Å². The Bertz CT molecular complexity index is 984. The first-order valence-corrected chi connectivity index (χ1v) is 11.6. The third-order valence-electron chi connectivity index (χ3n) is 5.94. The molecule has 0 unspecified atom stereocenters. The highest BCUT2D eigenvalue weighted by molar-refractivity contribution is 7.22. The number of rotatable bonds is 6. The van der Waals surface area contributed by atoms with Gasteiger partial charge in [0.2, 0.25) is 0 Å². The number of halogens is 1. The van der Waals surface area contributed by atoms with E-state index in [2.05, 4.69) is 26.3 Å². The standard InChI is InChI=1S/C22H25ClN4O2S/c23-17-3-1-15(2-4-17)20-11-18-21(30-20)22(26-14-25-18)24-12-19(16-5-8-29-13-16)27-6-9-28-10-7-27/h1-4,11,14,16,19H,5-10,12-13H2,(H,24,25,26)/t16-,19-/m1/s1. The molecule has 3 aromatic rings. The number of ether oxygens (including phenoxy) is 2. The van der Waals surface area contributed by atoms with Gasteiger partial charge in [-0.1, -0.05) is 23.7 Å². The van der Waals surface area contributed by atoms with Gasteiger partial charge in [-0.15, -0.1) is 11.3 Å². The van der Waals surface area contributed by atoms with Crippen LogP contribution in [-0.2, 0) is 9.47 Å². The van der Waals surface area contributed by atoms with Gasteiger partial charge in [-0.2, -0.15) is 0 Å². The molecule has 2 atom stereocenters. The molecule has 2 aromatic heterocycles. The first kappa shape index (κ1) is 20.2. The molecule has 2 saturated heterocycles. The van der Waals surface area contributed by atoms with Crippen LogP contribution in [0.1, 0.15) is 6.42 Å². The molecule has 2 aliphatic rings. The number of hydrogen-bond donors (Lipinski definition) is 1. The van der Waals surface area contributed by atoms with E-state index in [4.69, 9.17) is 21.1 Å². The fraction of sp³-hybridized carbons (Fsp3) is 0.455. The van der Waals surface area contributed by atoms with Gasteiger partial charge in [-0.25, -0.2) is 9.97 Å². The van der Waals surface area contributed by atoms with Crippen molar-refractivity contribution in [1.29, 1.82) is 0 Å². The lowest BCUT2D eigenvalue weighted by Gasteiger charge is -2.37. The minimum Gasteiger partial charge on any atom is -0.381 e. The van der Waals surface area contributed by atoms with Gasteiger partial charge in [-0.05, 0) is 30.2 Å². The summed E-state index contributed by atoms with van der Waals surface area (Å²) in [4.78, 5) is 12.8. The number of thiophene rings is 1. The minimum atomic E-state index is 0.414. The summed E-state index contributed by atoms with van der Waals surface area (Å²) in [5.74, 6) is 1.45. The Hall–Kier alpha value is -1.77. The SMILES string of the molecule is Clc1ccc(-c2cc3ncnc(NC[C@H]([C@@H]4CCOC4)N4CCOCC4)c3s2)cc1. The molecule has 2 aliphatic heterocycles. The van der Waals surface area contributed by atoms with Crippen LogP contribution in [-0.4, -0.2) is 67.0 Å². The topological polar surface area (TPSA) is 59.5 Å². The van der Waals surface area contributed by atoms with E-state index < -0.39 is 0 Å². The van der Waals surface area contributed by atoms with Crippen molar-refractivity contribution >= 4 is 39.0 Å². The van der Waals surface area contributed by atoms with Gasteiger partial charge in [0.25, 0.3) is 0 Å². The predicted molar refractivity (Wildman–Crippen MR) is 121 cm³/mol. The average molecular weight is 445 g/mol. The van der Waals surface area contributed by atoms with E-state index in [1.807, 2.05) is 24.3 Å². The first-order valence-electron chi connectivity index (χ1n) is 10.4. The Morgan fingerprint density at radius 3 is 2.73 bits per heavy atom. The van der Waals surface area contributed by atoms with Crippen molar-refractivity contribution < 1.29 is 9.47 Å². The van der Waals surface area contributed by atoms with Gasteiger partial charge in [0.1, 0.15) is 12.1 Å². The maximum Gasteiger partial charge on any atom is 0.147 e. The summed E-state index contributed by atoms with van der Waals surface area (Å²) in [5, 5.41) is 4.38. The van der Waals surface area contributed by atoms with E-state index in [1.54, 1.807) is 17.7 Å². The van der Waals surface area contributed by atoms with E-state index in [0.717, 1.165) is 79.1 Å². The molecule has 4 heterocycles. The van der Waals surface area contributed by atoms with Crippen molar-refractivity contribution in [1.82, 2.24) is 14.9 Å². The van der Waals surface area contributed by atoms with Gasteiger partial charge in [0, 0.05) is 48.1 Å². The Kier molecular flexibility index (Phi) is 6.15. The molecule has 2 fully saturated rings. The molecule has 0 amide bonds. The van der Waals surface area contributed by atoms with Crippen molar-refractivity contribution in [3.05, 3.63) is 41.7 Å². The summed E-state index contributed by atoms with van der Waals surface area (Å²) in [6.07, 6.45) is 2.76. The third-order valence-corrected chi connectivity index (χ3v) is 7.37. The summed E-state index contributed by atoms with van der Waals surface area (Å²) < 4.78 is 12.3. The summed E-state index contributed by atoms with van der Waals surface area (Å²) in [5.41, 5.74) is 2.11. The number of fused-ring (bicyclic) bond motifs is 1. The molecule has 30 heavy (non-hydrogen) atoms. The maximum atomic E-state index is 6.04. The van der Waals surface area contributed by atoms with Crippen LogP contribution in [0.25, 0.3) is 20.7 Å². The van der Waals surface area contributed by atoms with Crippen LogP contribution < -0.4 is 5.32 Å². The number of nitrogens with zero attached hydrogens (tertiary/aromatic N) is 3. The van der Waals surface area contributed by atoms with Crippen molar-refractivity contribution in [2.24, 2.45) is 5.92 Å². The van der Waals surface area contributed by atoms with Gasteiger partial charge in [-0.3, -0.25) is 4.90 Å². The zero-order chi connectivity index (χ0) is 20.3. The highest BCUT2D eigenvalue weighted by atomic mass is 35.5. The second-order valence-electron chi connectivity index (χ2n) is 7.77. The smallest absolute Gasteiger partial charge is 0.147 e. The molecule has 0 radical (unpaired) electrons. The molecule has 0 bridgehead atoms. The van der Waals surface area contributed by atoms with E-state index in [1.165, 1.54) is 4.88 Å². The number of anilines is 1. The third kappa shape index (κ3) is 4.31. The van der Waals surface area contributed by atoms with Crippen LogP contribution in [0.2, 0.25) is 5.02 Å². The Morgan fingerprint density at radius 2 is 1.97 bits per heavy atom. The van der Waals surface area contributed by atoms with Crippen LogP contribution in [0.15, 0.2) is 36.7 Å². The van der Waals surface area contributed by atoms with Crippen molar-refractivity contribution in [3.8, 4) is 10.4 Å². The monoisotopic (exact) mass is 444 g/mol. The maximum absolute atomic E-state index is 6.04. The number of aromatic nitrogens is 2. The fourth-order valence-electron chi connectivity index (χ4n) is 4.30. The predicted octanol–water partition coefficient (Wildman–Crippen LogP) is 4.16. The Balaban J connectivity index is 1.37. The number of hydrogen-bond acceptors (Lipinski definition) is 7. The number of morpholine rings is 1. The van der Waals surface area contributed by atoms with Crippen molar-refractivity contribution in [2.45, 2.75) is 12.5 Å². The second kappa shape index (κ2) is 9.16. The molecular weight excluding hydrogens is 420 g/mol. The van der Waals surface area contributed by atoms with Crippen molar-refractivity contribution in [2.75, 3.05) is 51.4 Å². The highest BCUT2D eigenvalue weighted by Crippen LogP contribution is 2.36. The van der Waals surface area contributed by atoms with Crippen LogP contribution in [0.4, 0.5) is 5.82 Å². The van der Waals surface area contributed by atoms with E-state index in [-0.39, 0.29) is 0 Å². The molecule has 6 nitrogen and oxygen atoms in total. The second-order valence-corrected chi connectivity index (χ2v) is 9.26. The number of nitrogens with one attached hydrogen (secondary N) is 1. The highest BCUT2D eigenvalue weighted by Gasteiger charge is 2.31. The molecule has 0 saturated carbocycles. The first-order chi connectivity index (χ1) is 14.8. The largest absolute Gasteiger partial charge is 0.381 e. The zero-order valence-electron chi connectivity index (χ0n) is 16.7. The van der Waals surface area contributed by atoms with Crippen LogP contribution in [0.5, 0.6) is 0 Å². The zero-order valence-corrected chi connectivity index (χ0v) is 18.3. The summed E-state index contributed by atoms with van der Waals surface area (Å²) in [7, 11) is 0. The van der Waals surface area contributed by atoms with Gasteiger partial charge >= 0.3 is 0 Å². The van der Waals surface area contributed by atoms with Gasteiger partial charge in [0.15, 0.2) is 0 Å². The molecule has 0 spiro atoms. The van der Waals surface area contributed by atoms with E-state index in [0.29, 0.717) is 12.0 Å². The quantitative estimate of drug-likeness (QED) is 0.616. The van der Waals surface area contributed by atoms with E-state index >= 15 is 0 Å². The van der Waals surface area contributed by atoms with Gasteiger partial charge < -0.3 is 14.8 Å².